The summed E-state index contributed by atoms with van der Waals surface area (Å²) < 4.78 is 10.9. The molecule has 1 heterocycles. The molecule has 0 aliphatic carbocycles. The highest BCUT2D eigenvalue weighted by molar-refractivity contribution is 5.67. The summed E-state index contributed by atoms with van der Waals surface area (Å²) in [6.07, 6.45) is 1.80. The molecule has 1 amide bonds. The Balaban J connectivity index is 1.95. The lowest BCUT2D eigenvalue weighted by atomic mass is 10.0. The predicted octanol–water partition coefficient (Wildman–Crippen LogP) is 3.71. The summed E-state index contributed by atoms with van der Waals surface area (Å²) in [6.45, 7) is 4.23. The molecule has 2 aromatic rings. The third kappa shape index (κ3) is 6.58. The van der Waals surface area contributed by atoms with Gasteiger partial charge in [0.25, 0.3) is 0 Å². The van der Waals surface area contributed by atoms with Gasteiger partial charge in [-0.25, -0.2) is 9.78 Å². The van der Waals surface area contributed by atoms with E-state index in [1.54, 1.807) is 0 Å². The Bertz CT molecular complexity index is 712. The maximum atomic E-state index is 12.1. The Hall–Kier alpha value is -2.83. The van der Waals surface area contributed by atoms with Crippen molar-refractivity contribution < 1.29 is 23.8 Å². The molecule has 0 radical (unpaired) electrons. The molecule has 1 unspecified atom stereocenters. The van der Waals surface area contributed by atoms with Gasteiger partial charge in [0.1, 0.15) is 18.4 Å². The van der Waals surface area contributed by atoms with Gasteiger partial charge in [-0.15, -0.1) is 0 Å². The third-order valence-corrected chi connectivity index (χ3v) is 3.67. The zero-order valence-corrected chi connectivity index (χ0v) is 15.0. The normalized spacial score (nSPS) is 12.0. The number of carbonyl (C=O) groups is 2. The van der Waals surface area contributed by atoms with E-state index in [0.29, 0.717) is 24.0 Å². The fraction of sp³-hybridized carbons (Fsp3) is 0.421. The zero-order valence-electron chi connectivity index (χ0n) is 15.0. The molecular weight excluding hydrogens is 336 g/mol. The quantitative estimate of drug-likeness (QED) is 0.707. The first-order chi connectivity index (χ1) is 12.4. The maximum Gasteiger partial charge on any atom is 0.408 e. The molecule has 140 valence electrons. The molecular formula is C19H24N2O5. The maximum absolute atomic E-state index is 12.1. The van der Waals surface area contributed by atoms with Crippen LogP contribution in [0.2, 0.25) is 0 Å². The monoisotopic (exact) mass is 360 g/mol. The first-order valence-corrected chi connectivity index (χ1v) is 8.57. The summed E-state index contributed by atoms with van der Waals surface area (Å²) in [4.78, 5) is 27.0. The fourth-order valence-electron chi connectivity index (χ4n) is 2.43. The van der Waals surface area contributed by atoms with Gasteiger partial charge in [-0.05, 0) is 17.9 Å². The number of aryl methyl sites for hydroxylation is 1. The Labute approximate surface area is 152 Å². The number of hydrogen-bond acceptors (Lipinski definition) is 5. The minimum Gasteiger partial charge on any atom is -0.481 e. The van der Waals surface area contributed by atoms with Crippen LogP contribution >= 0.6 is 0 Å². The number of hydrogen-bond donors (Lipinski definition) is 2. The minimum absolute atomic E-state index is 0.0317. The molecule has 1 atom stereocenters. The number of carboxylic acids is 1. The van der Waals surface area contributed by atoms with Gasteiger partial charge in [0.2, 0.25) is 5.89 Å². The molecule has 26 heavy (non-hydrogen) atoms. The second-order valence-corrected chi connectivity index (χ2v) is 6.45. The predicted molar refractivity (Wildman–Crippen MR) is 94.4 cm³/mol. The molecule has 2 N–H and O–H groups in total. The number of ether oxygens (including phenoxy) is 1. The minimum atomic E-state index is -0.899. The lowest BCUT2D eigenvalue weighted by molar-refractivity contribution is -0.137. The number of oxazole rings is 1. The number of aliphatic carboxylic acids is 1. The van der Waals surface area contributed by atoms with Gasteiger partial charge in [0, 0.05) is 6.42 Å². The second kappa shape index (κ2) is 9.60. The van der Waals surface area contributed by atoms with Crippen LogP contribution in [0.5, 0.6) is 0 Å². The van der Waals surface area contributed by atoms with E-state index in [0.717, 1.165) is 5.56 Å². The van der Waals surface area contributed by atoms with Crippen molar-refractivity contribution in [2.45, 2.75) is 45.8 Å². The smallest absolute Gasteiger partial charge is 0.408 e. The van der Waals surface area contributed by atoms with Crippen molar-refractivity contribution in [3.05, 3.63) is 53.7 Å². The van der Waals surface area contributed by atoms with Crippen molar-refractivity contribution in [2.75, 3.05) is 0 Å². The summed E-state index contributed by atoms with van der Waals surface area (Å²) in [7, 11) is 0. The zero-order chi connectivity index (χ0) is 18.9. The van der Waals surface area contributed by atoms with Crippen LogP contribution in [0.25, 0.3) is 0 Å². The Morgan fingerprint density at radius 1 is 1.27 bits per heavy atom. The van der Waals surface area contributed by atoms with Gasteiger partial charge in [-0.2, -0.15) is 0 Å². The highest BCUT2D eigenvalue weighted by atomic mass is 16.5. The average molecular weight is 360 g/mol. The van der Waals surface area contributed by atoms with Crippen molar-refractivity contribution in [1.29, 1.82) is 0 Å². The van der Waals surface area contributed by atoms with Crippen molar-refractivity contribution in [1.82, 2.24) is 10.3 Å². The lowest BCUT2D eigenvalue weighted by Crippen LogP contribution is -2.30. The van der Waals surface area contributed by atoms with Crippen LogP contribution in [0, 0.1) is 5.92 Å². The number of nitrogens with zero attached hydrogens (tertiary/aromatic N) is 1. The van der Waals surface area contributed by atoms with E-state index in [9.17, 15) is 9.59 Å². The van der Waals surface area contributed by atoms with E-state index in [4.69, 9.17) is 14.3 Å². The number of carboxylic acid groups (broad SMARTS) is 1. The van der Waals surface area contributed by atoms with Crippen LogP contribution in [0.15, 0.2) is 40.9 Å². The fourth-order valence-corrected chi connectivity index (χ4v) is 2.43. The van der Waals surface area contributed by atoms with Crippen LogP contribution in [0.3, 0.4) is 0 Å². The molecule has 1 aromatic heterocycles. The van der Waals surface area contributed by atoms with Gasteiger partial charge in [-0.1, -0.05) is 44.2 Å². The van der Waals surface area contributed by atoms with E-state index >= 15 is 0 Å². The highest BCUT2D eigenvalue weighted by Crippen LogP contribution is 2.22. The molecule has 0 saturated carbocycles. The second-order valence-electron chi connectivity index (χ2n) is 6.45. The molecule has 2 rings (SSSR count). The van der Waals surface area contributed by atoms with Crippen molar-refractivity contribution in [2.24, 2.45) is 5.92 Å². The number of nitrogens with one attached hydrogen (secondary N) is 1. The van der Waals surface area contributed by atoms with Crippen LogP contribution in [0.1, 0.15) is 49.9 Å². The number of aromatic nitrogens is 1. The molecule has 0 aliphatic rings. The van der Waals surface area contributed by atoms with Gasteiger partial charge in [0.15, 0.2) is 0 Å². The standard InChI is InChI=1S/C19H24N2O5/c1-13(2)10-16(18-20-11-15(26-18)8-9-17(22)23)21-19(24)25-12-14-6-4-3-5-7-14/h3-7,11,13,16H,8-10,12H2,1-2H3,(H,21,24)(H,22,23). The van der Waals surface area contributed by atoms with E-state index < -0.39 is 18.1 Å². The van der Waals surface area contributed by atoms with Crippen LogP contribution < -0.4 is 5.32 Å². The van der Waals surface area contributed by atoms with E-state index in [-0.39, 0.29) is 19.4 Å². The molecule has 0 spiro atoms. The van der Waals surface area contributed by atoms with E-state index in [2.05, 4.69) is 10.3 Å². The molecule has 0 fully saturated rings. The first kappa shape index (κ1) is 19.5. The summed E-state index contributed by atoms with van der Waals surface area (Å²) in [5.74, 6) is 0.236. The number of alkyl carbamates (subject to hydrolysis) is 1. The summed E-state index contributed by atoms with van der Waals surface area (Å²) in [6, 6.07) is 8.97. The largest absolute Gasteiger partial charge is 0.481 e. The van der Waals surface area contributed by atoms with Crippen molar-refractivity contribution in [3.63, 3.8) is 0 Å². The molecule has 0 bridgehead atoms. The third-order valence-electron chi connectivity index (χ3n) is 3.67. The van der Waals surface area contributed by atoms with E-state index in [1.807, 2.05) is 44.2 Å². The molecule has 7 heteroatoms. The van der Waals surface area contributed by atoms with Gasteiger partial charge in [0.05, 0.1) is 12.6 Å². The number of carbonyl (C=O) groups excluding carboxylic acids is 1. The van der Waals surface area contributed by atoms with Gasteiger partial charge < -0.3 is 19.6 Å². The first-order valence-electron chi connectivity index (χ1n) is 8.57. The van der Waals surface area contributed by atoms with Crippen LogP contribution in [-0.2, 0) is 22.6 Å². The molecule has 0 aliphatic heterocycles. The van der Waals surface area contributed by atoms with Gasteiger partial charge in [-0.3, -0.25) is 4.79 Å². The molecule has 7 nitrogen and oxygen atoms in total. The molecule has 0 saturated heterocycles. The Kier molecular flexibility index (Phi) is 7.20. The number of rotatable bonds is 9. The number of amides is 1. The summed E-state index contributed by atoms with van der Waals surface area (Å²) >= 11 is 0. The van der Waals surface area contributed by atoms with Gasteiger partial charge >= 0.3 is 12.1 Å². The molecule has 1 aromatic carbocycles. The summed E-state index contributed by atoms with van der Waals surface area (Å²) in [5, 5.41) is 11.5. The lowest BCUT2D eigenvalue weighted by Gasteiger charge is -2.17. The van der Waals surface area contributed by atoms with Crippen LogP contribution in [0.4, 0.5) is 4.79 Å². The van der Waals surface area contributed by atoms with E-state index in [1.165, 1.54) is 6.20 Å². The number of benzene rings is 1. The highest BCUT2D eigenvalue weighted by Gasteiger charge is 2.22. The summed E-state index contributed by atoms with van der Waals surface area (Å²) in [5.41, 5.74) is 0.898. The average Bonchev–Trinajstić information content (AvgIpc) is 3.07. The van der Waals surface area contributed by atoms with Crippen molar-refractivity contribution >= 4 is 12.1 Å². The van der Waals surface area contributed by atoms with Crippen molar-refractivity contribution in [3.8, 4) is 0 Å². The topological polar surface area (TPSA) is 102 Å². The van der Waals surface area contributed by atoms with Crippen LogP contribution in [-0.4, -0.2) is 22.2 Å². The Morgan fingerprint density at radius 2 is 2.00 bits per heavy atom. The Morgan fingerprint density at radius 3 is 2.65 bits per heavy atom. The SMILES string of the molecule is CC(C)CC(NC(=O)OCc1ccccc1)c1ncc(CCC(=O)O)o1.